The summed E-state index contributed by atoms with van der Waals surface area (Å²) in [5, 5.41) is 7.76. The lowest BCUT2D eigenvalue weighted by atomic mass is 10.1. The first-order valence-corrected chi connectivity index (χ1v) is 11.7. The molecule has 9 heteroatoms. The Balaban J connectivity index is 0.00000104. The molecule has 0 aliphatic rings. The number of aliphatic hydroxyl groups is 1. The molecule has 3 aromatic rings. The zero-order chi connectivity index (χ0) is 28.0. The Kier molecular flexibility index (Phi) is 13.0. The number of benzene rings is 2. The van der Waals surface area contributed by atoms with Gasteiger partial charge in [-0.3, -0.25) is 4.79 Å². The number of pyridine rings is 1. The molecule has 0 radical (unpaired) electrons. The lowest BCUT2D eigenvalue weighted by Gasteiger charge is -2.26. The standard InChI is InChI=1S/C23H23F3N2O3.C3H6O.C2H6/c1-15-12-20(27-22(29)21(15)23(24,25)26)28(13-16-4-8-18(30-2)9-5-16)14-17-6-10-19(31-3)11-7-17;1-2-3-4;1-2/h4-12H,13-14H2,1-3H3,(H,27,29);2,4H,1,3H2;1-2H3. The SMILES string of the molecule is C=CCO.CC.COc1ccc(CN(Cc2ccc(OC)cc2)c2cc(C)c(C(F)(F)F)c(=O)[nH]2)cc1. The fourth-order valence-corrected chi connectivity index (χ4v) is 3.32. The number of rotatable bonds is 8. The van der Waals surface area contributed by atoms with E-state index >= 15 is 0 Å². The minimum absolute atomic E-state index is 0.0833. The molecule has 0 bridgehead atoms. The number of H-pyrrole nitrogens is 1. The van der Waals surface area contributed by atoms with E-state index in [1.54, 1.807) is 14.2 Å². The first-order chi connectivity index (χ1) is 17.6. The second-order valence-corrected chi connectivity index (χ2v) is 7.56. The van der Waals surface area contributed by atoms with Crippen molar-refractivity contribution < 1.29 is 27.8 Å². The molecule has 0 aliphatic heterocycles. The minimum Gasteiger partial charge on any atom is -0.497 e. The van der Waals surface area contributed by atoms with Gasteiger partial charge in [0.1, 0.15) is 22.9 Å². The molecule has 0 aliphatic carbocycles. The monoisotopic (exact) mass is 520 g/mol. The molecule has 2 N–H and O–H groups in total. The van der Waals surface area contributed by atoms with Crippen molar-refractivity contribution in [3.63, 3.8) is 0 Å². The van der Waals surface area contributed by atoms with E-state index in [-0.39, 0.29) is 12.2 Å². The van der Waals surface area contributed by atoms with Crippen molar-refractivity contribution in [3.8, 4) is 11.5 Å². The number of halogens is 3. The highest BCUT2D eigenvalue weighted by Gasteiger charge is 2.36. The number of aliphatic hydroxyl groups excluding tert-OH is 1. The molecule has 0 saturated heterocycles. The van der Waals surface area contributed by atoms with Crippen molar-refractivity contribution in [2.45, 2.75) is 40.0 Å². The molecule has 2 aromatic carbocycles. The van der Waals surface area contributed by atoms with Gasteiger partial charge in [0.25, 0.3) is 5.56 Å². The van der Waals surface area contributed by atoms with Gasteiger partial charge in [-0.15, -0.1) is 6.58 Å². The Labute approximate surface area is 216 Å². The normalized spacial score (nSPS) is 10.3. The molecule has 3 rings (SSSR count). The molecule has 0 unspecified atom stereocenters. The van der Waals surface area contributed by atoms with Gasteiger partial charge < -0.3 is 24.5 Å². The lowest BCUT2D eigenvalue weighted by molar-refractivity contribution is -0.139. The molecule has 0 saturated carbocycles. The van der Waals surface area contributed by atoms with Crippen molar-refractivity contribution in [2.24, 2.45) is 0 Å². The van der Waals surface area contributed by atoms with Crippen LogP contribution in [0.2, 0.25) is 0 Å². The zero-order valence-electron chi connectivity index (χ0n) is 21.9. The van der Waals surface area contributed by atoms with E-state index in [4.69, 9.17) is 14.6 Å². The van der Waals surface area contributed by atoms with E-state index in [1.165, 1.54) is 19.1 Å². The summed E-state index contributed by atoms with van der Waals surface area (Å²) in [7, 11) is 3.14. The van der Waals surface area contributed by atoms with Crippen molar-refractivity contribution >= 4 is 5.82 Å². The van der Waals surface area contributed by atoms with E-state index in [1.807, 2.05) is 67.3 Å². The van der Waals surface area contributed by atoms with Gasteiger partial charge in [0.05, 0.1) is 20.8 Å². The van der Waals surface area contributed by atoms with Crippen LogP contribution in [0.4, 0.5) is 19.0 Å². The molecule has 0 spiro atoms. The van der Waals surface area contributed by atoms with Crippen LogP contribution in [0.25, 0.3) is 0 Å². The average Bonchev–Trinajstić information content (AvgIpc) is 2.89. The van der Waals surface area contributed by atoms with Crippen LogP contribution >= 0.6 is 0 Å². The topological polar surface area (TPSA) is 74.8 Å². The summed E-state index contributed by atoms with van der Waals surface area (Å²) in [5.74, 6) is 1.70. The molecule has 0 fully saturated rings. The van der Waals surface area contributed by atoms with Crippen LogP contribution in [0.5, 0.6) is 11.5 Å². The van der Waals surface area contributed by atoms with Gasteiger partial charge in [-0.25, -0.2) is 0 Å². The summed E-state index contributed by atoms with van der Waals surface area (Å²) in [6.07, 6.45) is -3.28. The third kappa shape index (κ3) is 9.69. The van der Waals surface area contributed by atoms with Crippen LogP contribution in [-0.2, 0) is 19.3 Å². The third-order valence-electron chi connectivity index (χ3n) is 5.03. The van der Waals surface area contributed by atoms with Crippen molar-refractivity contribution in [2.75, 3.05) is 25.7 Å². The fraction of sp³-hybridized carbons (Fsp3) is 0.321. The van der Waals surface area contributed by atoms with Gasteiger partial charge in [0.15, 0.2) is 0 Å². The molecule has 6 nitrogen and oxygen atoms in total. The first-order valence-electron chi connectivity index (χ1n) is 11.7. The summed E-state index contributed by atoms with van der Waals surface area (Å²) < 4.78 is 50.0. The predicted octanol–water partition coefficient (Wildman–Crippen LogP) is 6.12. The van der Waals surface area contributed by atoms with Gasteiger partial charge in [-0.1, -0.05) is 44.2 Å². The van der Waals surface area contributed by atoms with Crippen LogP contribution in [0, 0.1) is 6.92 Å². The number of nitrogens with one attached hydrogen (secondary N) is 1. The van der Waals surface area contributed by atoms with Crippen molar-refractivity contribution in [1.82, 2.24) is 4.98 Å². The van der Waals surface area contributed by atoms with Crippen LogP contribution in [0.3, 0.4) is 0 Å². The molecule has 0 atom stereocenters. The molecule has 37 heavy (non-hydrogen) atoms. The van der Waals surface area contributed by atoms with E-state index in [0.29, 0.717) is 30.4 Å². The number of anilines is 1. The number of hydrogen-bond acceptors (Lipinski definition) is 5. The summed E-state index contributed by atoms with van der Waals surface area (Å²) in [4.78, 5) is 16.5. The second kappa shape index (κ2) is 15.4. The summed E-state index contributed by atoms with van der Waals surface area (Å²) in [5.41, 5.74) is -0.636. The maximum Gasteiger partial charge on any atom is 0.421 e. The molecule has 1 heterocycles. The Bertz CT molecular complexity index is 1090. The average molecular weight is 521 g/mol. The van der Waals surface area contributed by atoms with E-state index in [0.717, 1.165) is 11.1 Å². The Hall–Kier alpha value is -3.72. The van der Waals surface area contributed by atoms with E-state index in [9.17, 15) is 18.0 Å². The summed E-state index contributed by atoms with van der Waals surface area (Å²) in [6, 6.07) is 16.1. The van der Waals surface area contributed by atoms with Crippen LogP contribution in [0.15, 0.2) is 72.0 Å². The molecule has 1 aromatic heterocycles. The minimum atomic E-state index is -4.72. The molecule has 0 amide bonds. The number of ether oxygens (including phenoxy) is 2. The maximum atomic E-state index is 13.2. The Morgan fingerprint density at radius 1 is 0.946 bits per heavy atom. The number of aromatic nitrogens is 1. The number of aryl methyl sites for hydroxylation is 1. The van der Waals surface area contributed by atoms with Gasteiger partial charge in [0.2, 0.25) is 0 Å². The van der Waals surface area contributed by atoms with Crippen molar-refractivity contribution in [3.05, 3.63) is 99.9 Å². The Morgan fingerprint density at radius 2 is 1.35 bits per heavy atom. The van der Waals surface area contributed by atoms with Gasteiger partial charge in [-0.2, -0.15) is 13.2 Å². The predicted molar refractivity (Wildman–Crippen MR) is 141 cm³/mol. The fourth-order valence-electron chi connectivity index (χ4n) is 3.32. The number of alkyl halides is 3. The van der Waals surface area contributed by atoms with Crippen LogP contribution in [0.1, 0.15) is 36.1 Å². The smallest absolute Gasteiger partial charge is 0.421 e. The zero-order valence-corrected chi connectivity index (χ0v) is 21.9. The van der Waals surface area contributed by atoms with E-state index in [2.05, 4.69) is 11.6 Å². The molecular formula is C28H35F3N2O4. The largest absolute Gasteiger partial charge is 0.497 e. The maximum absolute atomic E-state index is 13.2. The first kappa shape index (κ1) is 31.3. The number of aromatic amines is 1. The highest BCUT2D eigenvalue weighted by Crippen LogP contribution is 2.30. The van der Waals surface area contributed by atoms with Crippen LogP contribution in [-0.4, -0.2) is 30.9 Å². The van der Waals surface area contributed by atoms with E-state index < -0.39 is 17.3 Å². The van der Waals surface area contributed by atoms with Gasteiger partial charge in [0, 0.05) is 13.1 Å². The summed E-state index contributed by atoms with van der Waals surface area (Å²) in [6.45, 7) is 9.35. The molecular weight excluding hydrogens is 485 g/mol. The number of nitrogens with zero attached hydrogens (tertiary/aromatic N) is 1. The highest BCUT2D eigenvalue weighted by atomic mass is 19.4. The Morgan fingerprint density at radius 3 is 1.65 bits per heavy atom. The highest BCUT2D eigenvalue weighted by molar-refractivity contribution is 5.46. The van der Waals surface area contributed by atoms with Crippen molar-refractivity contribution in [1.29, 1.82) is 0 Å². The number of hydrogen-bond donors (Lipinski definition) is 2. The number of methoxy groups -OCH3 is 2. The third-order valence-corrected chi connectivity index (χ3v) is 5.03. The van der Waals surface area contributed by atoms with Crippen LogP contribution < -0.4 is 19.9 Å². The van der Waals surface area contributed by atoms with Gasteiger partial charge in [-0.05, 0) is 53.9 Å². The molecule has 202 valence electrons. The quantitative estimate of drug-likeness (QED) is 0.350. The van der Waals surface area contributed by atoms with Gasteiger partial charge >= 0.3 is 6.18 Å². The lowest BCUT2D eigenvalue weighted by Crippen LogP contribution is -2.29. The summed E-state index contributed by atoms with van der Waals surface area (Å²) >= 11 is 0. The second-order valence-electron chi connectivity index (χ2n) is 7.56.